The van der Waals surface area contributed by atoms with E-state index in [0.717, 1.165) is 11.4 Å². The molecule has 0 saturated heterocycles. The molecule has 0 aliphatic carbocycles. The number of rotatable bonds is 8. The molecule has 1 N–H and O–H groups in total. The molecule has 0 saturated carbocycles. The Bertz CT molecular complexity index is 1340. The van der Waals surface area contributed by atoms with Gasteiger partial charge in [0.2, 0.25) is 0 Å². The van der Waals surface area contributed by atoms with Crippen LogP contribution in [-0.2, 0) is 0 Å². The van der Waals surface area contributed by atoms with Gasteiger partial charge in [0.05, 0.1) is 17.6 Å². The summed E-state index contributed by atoms with van der Waals surface area (Å²) in [5, 5.41) is 8.86. The summed E-state index contributed by atoms with van der Waals surface area (Å²) in [5.74, 6) is 1.17. The second kappa shape index (κ2) is 12.7. The first-order chi connectivity index (χ1) is 17.7. The summed E-state index contributed by atoms with van der Waals surface area (Å²) in [6.07, 6.45) is 6.95. The quantitative estimate of drug-likeness (QED) is 0.253. The van der Waals surface area contributed by atoms with Gasteiger partial charge in [-0.3, -0.25) is 9.80 Å². The number of likely N-dealkylation sites (N-methyl/N-ethyl adjacent to an activating group) is 2. The number of imide groups is 1. The fraction of sp³-hybridized carbons (Fsp3) is 0.179. The molecule has 0 aromatic heterocycles. The number of halogens is 2. The third kappa shape index (κ3) is 7.64. The number of carbonyl (C=O) groups excluding carboxylic acids is 2. The average molecular weight is 520 g/mol. The number of hydrazone groups is 1. The Labute approximate surface area is 221 Å². The Hall–Kier alpha value is -4.19. The van der Waals surface area contributed by atoms with Gasteiger partial charge in [0, 0.05) is 36.3 Å². The first-order valence-electron chi connectivity index (χ1n) is 11.3. The smallest absolute Gasteiger partial charge is 0.308 e. The Morgan fingerprint density at radius 2 is 1.78 bits per heavy atom. The Morgan fingerprint density at radius 3 is 2.41 bits per heavy atom. The zero-order valence-electron chi connectivity index (χ0n) is 20.8. The van der Waals surface area contributed by atoms with Crippen LogP contribution >= 0.6 is 11.6 Å². The average Bonchev–Trinajstić information content (AvgIpc) is 2.88. The van der Waals surface area contributed by atoms with Gasteiger partial charge in [-0.15, -0.1) is 6.42 Å². The number of amides is 3. The Morgan fingerprint density at radius 1 is 1.05 bits per heavy atom. The maximum Gasteiger partial charge on any atom is 0.333 e. The molecule has 190 valence electrons. The molecule has 0 aliphatic rings. The lowest BCUT2D eigenvalue weighted by molar-refractivity contribution is 0.0995. The summed E-state index contributed by atoms with van der Waals surface area (Å²) in [6.45, 7) is 1.53. The SMILES string of the molecule is C#Cc1ccc(N(C(=O)Nc2ccc(C=NN(C)CCN(C)C)cc2F)C(=O)c2cccc(Cl)c2)cc1. The first-order valence-corrected chi connectivity index (χ1v) is 11.7. The molecular weight excluding hydrogens is 493 g/mol. The highest BCUT2D eigenvalue weighted by molar-refractivity contribution is 6.31. The summed E-state index contributed by atoms with van der Waals surface area (Å²) >= 11 is 6.04. The third-order valence-electron chi connectivity index (χ3n) is 5.28. The van der Waals surface area contributed by atoms with E-state index in [1.165, 1.54) is 30.5 Å². The lowest BCUT2D eigenvalue weighted by Gasteiger charge is -2.22. The van der Waals surface area contributed by atoms with Gasteiger partial charge < -0.3 is 10.2 Å². The van der Waals surface area contributed by atoms with Crippen molar-refractivity contribution >= 4 is 41.1 Å². The number of terminal acetylenes is 1. The fourth-order valence-electron chi connectivity index (χ4n) is 3.24. The summed E-state index contributed by atoms with van der Waals surface area (Å²) in [7, 11) is 5.76. The Balaban J connectivity index is 1.83. The monoisotopic (exact) mass is 519 g/mol. The number of urea groups is 1. The lowest BCUT2D eigenvalue weighted by atomic mass is 10.1. The number of anilines is 2. The summed E-state index contributed by atoms with van der Waals surface area (Å²) in [4.78, 5) is 29.5. The topological polar surface area (TPSA) is 68.2 Å². The molecule has 3 rings (SSSR count). The minimum Gasteiger partial charge on any atom is -0.308 e. The van der Waals surface area contributed by atoms with E-state index in [2.05, 4.69) is 16.3 Å². The van der Waals surface area contributed by atoms with Gasteiger partial charge in [-0.2, -0.15) is 5.10 Å². The minimum atomic E-state index is -0.845. The molecule has 3 amide bonds. The fourth-order valence-corrected chi connectivity index (χ4v) is 3.43. The molecule has 0 aliphatic heterocycles. The molecule has 0 heterocycles. The molecule has 0 radical (unpaired) electrons. The zero-order chi connectivity index (χ0) is 26.9. The molecule has 7 nitrogen and oxygen atoms in total. The highest BCUT2D eigenvalue weighted by Gasteiger charge is 2.26. The molecular formula is C28H27ClFN5O2. The van der Waals surface area contributed by atoms with E-state index in [9.17, 15) is 14.0 Å². The van der Waals surface area contributed by atoms with Crippen LogP contribution < -0.4 is 10.2 Å². The molecule has 3 aromatic rings. The van der Waals surface area contributed by atoms with Crippen molar-refractivity contribution < 1.29 is 14.0 Å². The van der Waals surface area contributed by atoms with Gasteiger partial charge in [-0.05, 0) is 74.3 Å². The van der Waals surface area contributed by atoms with Crippen LogP contribution in [0.25, 0.3) is 0 Å². The minimum absolute atomic E-state index is 0.0905. The molecule has 0 atom stereocenters. The maximum atomic E-state index is 14.9. The van der Waals surface area contributed by atoms with Gasteiger partial charge in [0.15, 0.2) is 0 Å². The molecule has 37 heavy (non-hydrogen) atoms. The molecule has 0 spiro atoms. The van der Waals surface area contributed by atoms with E-state index in [1.807, 2.05) is 26.0 Å². The number of nitrogens with zero attached hydrogens (tertiary/aromatic N) is 4. The van der Waals surface area contributed by atoms with Crippen molar-refractivity contribution in [3.8, 4) is 12.3 Å². The van der Waals surface area contributed by atoms with Crippen LogP contribution in [0, 0.1) is 18.2 Å². The summed E-state index contributed by atoms with van der Waals surface area (Å²) < 4.78 is 14.9. The standard InChI is InChI=1S/C28H27ClFN5O2/c1-5-20-9-12-24(13-10-20)35(27(36)22-7-6-8-23(29)18-22)28(37)32-26-14-11-21(17-25(26)30)19-31-34(4)16-15-33(2)3/h1,6-14,17-19H,15-16H2,2-4H3,(H,32,37). The molecule has 0 unspecified atom stereocenters. The van der Waals surface area contributed by atoms with Crippen LogP contribution in [0.1, 0.15) is 21.5 Å². The highest BCUT2D eigenvalue weighted by atomic mass is 35.5. The second-order valence-electron chi connectivity index (χ2n) is 8.44. The summed E-state index contributed by atoms with van der Waals surface area (Å²) in [6, 6.07) is 15.9. The maximum absolute atomic E-state index is 14.9. The van der Waals surface area contributed by atoms with Gasteiger partial charge in [-0.1, -0.05) is 29.7 Å². The van der Waals surface area contributed by atoms with E-state index in [-0.39, 0.29) is 16.9 Å². The highest BCUT2D eigenvalue weighted by Crippen LogP contribution is 2.23. The lowest BCUT2D eigenvalue weighted by Crippen LogP contribution is -2.40. The van der Waals surface area contributed by atoms with E-state index in [0.29, 0.717) is 22.7 Å². The van der Waals surface area contributed by atoms with Crippen molar-refractivity contribution in [3.05, 3.63) is 94.3 Å². The normalized spacial score (nSPS) is 10.8. The number of hydrogen-bond donors (Lipinski definition) is 1. The van der Waals surface area contributed by atoms with Crippen molar-refractivity contribution in [2.75, 3.05) is 44.4 Å². The number of nitrogens with one attached hydrogen (secondary N) is 1. The number of hydrogen-bond acceptors (Lipinski definition) is 5. The van der Waals surface area contributed by atoms with Crippen LogP contribution in [0.3, 0.4) is 0 Å². The zero-order valence-corrected chi connectivity index (χ0v) is 21.5. The number of carbonyl (C=O) groups is 2. The largest absolute Gasteiger partial charge is 0.333 e. The van der Waals surface area contributed by atoms with Crippen molar-refractivity contribution in [3.63, 3.8) is 0 Å². The van der Waals surface area contributed by atoms with Gasteiger partial charge in [-0.25, -0.2) is 14.1 Å². The molecule has 3 aromatic carbocycles. The van der Waals surface area contributed by atoms with E-state index < -0.39 is 17.8 Å². The van der Waals surface area contributed by atoms with Crippen molar-refractivity contribution in [2.45, 2.75) is 0 Å². The van der Waals surface area contributed by atoms with E-state index >= 15 is 0 Å². The predicted octanol–water partition coefficient (Wildman–Crippen LogP) is 5.17. The van der Waals surface area contributed by atoms with Crippen molar-refractivity contribution in [1.82, 2.24) is 9.91 Å². The van der Waals surface area contributed by atoms with E-state index in [1.54, 1.807) is 47.5 Å². The van der Waals surface area contributed by atoms with Gasteiger partial charge in [0.1, 0.15) is 5.82 Å². The molecule has 9 heteroatoms. The van der Waals surface area contributed by atoms with Crippen LogP contribution in [-0.4, -0.2) is 62.3 Å². The van der Waals surface area contributed by atoms with Crippen LogP contribution in [0.15, 0.2) is 71.8 Å². The number of benzene rings is 3. The Kier molecular flexibility index (Phi) is 9.39. The molecule has 0 bridgehead atoms. The summed E-state index contributed by atoms with van der Waals surface area (Å²) in [5.41, 5.74) is 1.45. The van der Waals surface area contributed by atoms with Crippen LogP contribution in [0.2, 0.25) is 5.02 Å². The third-order valence-corrected chi connectivity index (χ3v) is 5.51. The first kappa shape index (κ1) is 27.4. The predicted molar refractivity (Wildman–Crippen MR) is 147 cm³/mol. The van der Waals surface area contributed by atoms with Gasteiger partial charge >= 0.3 is 6.03 Å². The van der Waals surface area contributed by atoms with Crippen molar-refractivity contribution in [1.29, 1.82) is 0 Å². The van der Waals surface area contributed by atoms with Crippen LogP contribution in [0.5, 0.6) is 0 Å². The molecule has 0 fully saturated rings. The van der Waals surface area contributed by atoms with Gasteiger partial charge in [0.25, 0.3) is 5.91 Å². The van der Waals surface area contributed by atoms with E-state index in [4.69, 9.17) is 18.0 Å². The van der Waals surface area contributed by atoms with Crippen molar-refractivity contribution in [2.24, 2.45) is 5.10 Å². The second-order valence-corrected chi connectivity index (χ2v) is 8.88. The van der Waals surface area contributed by atoms with Crippen LogP contribution in [0.4, 0.5) is 20.6 Å².